The van der Waals surface area contributed by atoms with Crippen molar-refractivity contribution >= 4 is 23.6 Å². The lowest BCUT2D eigenvalue weighted by atomic mass is 9.78. The number of carbonyl (C=O) groups excluding carboxylic acids is 1. The summed E-state index contributed by atoms with van der Waals surface area (Å²) in [5, 5.41) is 9.88. The van der Waals surface area contributed by atoms with Crippen molar-refractivity contribution < 1.29 is 4.79 Å². The minimum atomic E-state index is 0.266. The van der Waals surface area contributed by atoms with E-state index in [-0.39, 0.29) is 5.91 Å². The van der Waals surface area contributed by atoms with Crippen LogP contribution in [0.25, 0.3) is 5.69 Å². The zero-order valence-corrected chi connectivity index (χ0v) is 19.3. The van der Waals surface area contributed by atoms with Gasteiger partial charge < -0.3 is 9.80 Å². The van der Waals surface area contributed by atoms with Gasteiger partial charge in [-0.05, 0) is 63.5 Å². The van der Waals surface area contributed by atoms with Crippen LogP contribution in [-0.2, 0) is 4.79 Å². The Morgan fingerprint density at radius 2 is 1.71 bits per heavy atom. The van der Waals surface area contributed by atoms with E-state index in [1.54, 1.807) is 0 Å². The third kappa shape index (κ3) is 4.34. The summed E-state index contributed by atoms with van der Waals surface area (Å²) in [6, 6.07) is 8.97. The Morgan fingerprint density at radius 3 is 2.52 bits per heavy atom. The molecule has 2 aliphatic heterocycles. The van der Waals surface area contributed by atoms with E-state index in [1.165, 1.54) is 62.3 Å². The van der Waals surface area contributed by atoms with Gasteiger partial charge in [-0.1, -0.05) is 42.3 Å². The summed E-state index contributed by atoms with van der Waals surface area (Å²) in [6.45, 7) is 5.06. The first-order chi connectivity index (χ1) is 15.2. The molecule has 31 heavy (non-hydrogen) atoms. The van der Waals surface area contributed by atoms with Gasteiger partial charge in [-0.15, -0.1) is 10.2 Å². The molecule has 0 radical (unpaired) electrons. The van der Waals surface area contributed by atoms with Crippen LogP contribution in [0.2, 0.25) is 0 Å². The third-order valence-electron chi connectivity index (χ3n) is 7.19. The maximum atomic E-state index is 13.2. The van der Waals surface area contributed by atoms with Gasteiger partial charge in [0.25, 0.3) is 0 Å². The molecule has 2 aromatic rings. The van der Waals surface area contributed by atoms with Crippen LogP contribution in [-0.4, -0.2) is 57.0 Å². The Morgan fingerprint density at radius 1 is 0.968 bits per heavy atom. The van der Waals surface area contributed by atoms with Gasteiger partial charge in [0, 0.05) is 25.7 Å². The fourth-order valence-electron chi connectivity index (χ4n) is 5.54. The number of likely N-dealkylation sites (tertiary alicyclic amines) is 1. The molecule has 2 atom stereocenters. The molecule has 0 bridgehead atoms. The average Bonchev–Trinajstić information content (AvgIpc) is 3.47. The van der Waals surface area contributed by atoms with Crippen molar-refractivity contribution in [2.45, 2.75) is 69.5 Å². The largest absolute Gasteiger partial charge is 0.341 e. The van der Waals surface area contributed by atoms with E-state index in [2.05, 4.69) is 55.8 Å². The van der Waals surface area contributed by atoms with E-state index < -0.39 is 0 Å². The Balaban J connectivity index is 1.35. The number of aryl methyl sites for hydroxylation is 1. The smallest absolute Gasteiger partial charge is 0.233 e. The van der Waals surface area contributed by atoms with Gasteiger partial charge in [-0.2, -0.15) is 0 Å². The van der Waals surface area contributed by atoms with E-state index in [0.29, 0.717) is 11.8 Å². The van der Waals surface area contributed by atoms with Crippen molar-refractivity contribution in [1.29, 1.82) is 0 Å². The van der Waals surface area contributed by atoms with Crippen LogP contribution < -0.4 is 4.90 Å². The minimum Gasteiger partial charge on any atom is -0.341 e. The van der Waals surface area contributed by atoms with Gasteiger partial charge in [0.1, 0.15) is 0 Å². The van der Waals surface area contributed by atoms with Crippen molar-refractivity contribution in [2.24, 2.45) is 5.92 Å². The molecule has 1 amide bonds. The zero-order valence-electron chi connectivity index (χ0n) is 18.5. The molecule has 0 unspecified atom stereocenters. The number of anilines is 1. The molecule has 3 heterocycles. The summed E-state index contributed by atoms with van der Waals surface area (Å²) < 4.78 is 2.14. The van der Waals surface area contributed by atoms with E-state index in [4.69, 9.17) is 0 Å². The number of hydrogen-bond donors (Lipinski definition) is 0. The van der Waals surface area contributed by atoms with Crippen molar-refractivity contribution in [3.05, 3.63) is 29.8 Å². The second-order valence-electron chi connectivity index (χ2n) is 9.28. The lowest BCUT2D eigenvalue weighted by Crippen LogP contribution is -2.50. The molecule has 3 aliphatic rings. The van der Waals surface area contributed by atoms with Gasteiger partial charge in [0.2, 0.25) is 11.9 Å². The number of nitrogens with zero attached hydrogens (tertiary/aromatic N) is 5. The van der Waals surface area contributed by atoms with Crippen LogP contribution in [0.15, 0.2) is 29.4 Å². The number of thioether (sulfide) groups is 1. The number of fused-ring (bicyclic) bond motifs is 1. The number of hydrogen-bond acceptors (Lipinski definition) is 5. The van der Waals surface area contributed by atoms with Crippen LogP contribution in [0.4, 0.5) is 5.95 Å². The Bertz CT molecular complexity index is 903. The third-order valence-corrected chi connectivity index (χ3v) is 8.10. The highest BCUT2D eigenvalue weighted by Crippen LogP contribution is 2.36. The molecule has 166 valence electrons. The normalized spacial score (nSPS) is 23.8. The molecule has 3 fully saturated rings. The highest BCUT2D eigenvalue weighted by molar-refractivity contribution is 7.99. The van der Waals surface area contributed by atoms with Crippen molar-refractivity contribution in [2.75, 3.05) is 30.3 Å². The Labute approximate surface area is 189 Å². The second-order valence-corrected chi connectivity index (χ2v) is 10.2. The van der Waals surface area contributed by atoms with Gasteiger partial charge in [-0.25, -0.2) is 0 Å². The number of piperidine rings is 1. The predicted octanol–water partition coefficient (Wildman–Crippen LogP) is 4.45. The predicted molar refractivity (Wildman–Crippen MR) is 125 cm³/mol. The summed E-state index contributed by atoms with van der Waals surface area (Å²) in [5.41, 5.74) is 2.30. The van der Waals surface area contributed by atoms with Crippen LogP contribution in [0.3, 0.4) is 0 Å². The topological polar surface area (TPSA) is 54.3 Å². The van der Waals surface area contributed by atoms with E-state index in [0.717, 1.165) is 48.8 Å². The SMILES string of the molecule is Cc1ccc(-n2c(SCC(=O)N3CCC[C@H]4CCCC[C@@H]43)nnc2N2CCCC2)cc1. The molecule has 2 saturated heterocycles. The molecule has 1 aromatic carbocycles. The number of carbonyl (C=O) groups is 1. The quantitative estimate of drug-likeness (QED) is 0.644. The van der Waals surface area contributed by atoms with Crippen LogP contribution in [0.5, 0.6) is 0 Å². The summed E-state index contributed by atoms with van der Waals surface area (Å²) in [4.78, 5) is 17.7. The fourth-order valence-corrected chi connectivity index (χ4v) is 6.37. The standard InChI is InChI=1S/C24H33N5OS/c1-18-10-12-20(13-11-18)29-23(27-14-4-5-15-27)25-26-24(29)31-17-22(30)28-16-6-8-19-7-2-3-9-21(19)28/h10-13,19,21H,2-9,14-17H2,1H3/t19-,21+/m1/s1. The van der Waals surface area contributed by atoms with Crippen LogP contribution in [0.1, 0.15) is 56.9 Å². The zero-order chi connectivity index (χ0) is 21.2. The molecule has 1 saturated carbocycles. The van der Waals surface area contributed by atoms with Gasteiger partial charge >= 0.3 is 0 Å². The van der Waals surface area contributed by atoms with Crippen molar-refractivity contribution in [3.63, 3.8) is 0 Å². The van der Waals surface area contributed by atoms with Gasteiger partial charge in [-0.3, -0.25) is 9.36 Å². The molecule has 1 aromatic heterocycles. The average molecular weight is 440 g/mol. The summed E-state index contributed by atoms with van der Waals surface area (Å²) >= 11 is 1.54. The first-order valence-corrected chi connectivity index (χ1v) is 12.9. The van der Waals surface area contributed by atoms with Crippen LogP contribution >= 0.6 is 11.8 Å². The first kappa shape index (κ1) is 20.9. The number of benzene rings is 1. The summed E-state index contributed by atoms with van der Waals surface area (Å²) in [6.07, 6.45) is 9.90. The molecular weight excluding hydrogens is 406 g/mol. The molecule has 6 nitrogen and oxygen atoms in total. The first-order valence-electron chi connectivity index (χ1n) is 11.9. The van der Waals surface area contributed by atoms with E-state index in [1.807, 2.05) is 0 Å². The highest BCUT2D eigenvalue weighted by atomic mass is 32.2. The lowest BCUT2D eigenvalue weighted by molar-refractivity contribution is -0.134. The van der Waals surface area contributed by atoms with E-state index in [9.17, 15) is 4.79 Å². The molecule has 0 N–H and O–H groups in total. The Hall–Kier alpha value is -2.02. The van der Waals surface area contributed by atoms with Crippen LogP contribution in [0, 0.1) is 12.8 Å². The monoisotopic (exact) mass is 439 g/mol. The van der Waals surface area contributed by atoms with Gasteiger partial charge in [0.05, 0.1) is 11.4 Å². The second kappa shape index (κ2) is 9.23. The maximum Gasteiger partial charge on any atom is 0.233 e. The maximum absolute atomic E-state index is 13.2. The Kier molecular flexibility index (Phi) is 6.21. The molecule has 0 spiro atoms. The lowest BCUT2D eigenvalue weighted by Gasteiger charge is -2.44. The van der Waals surface area contributed by atoms with Crippen molar-refractivity contribution in [3.8, 4) is 5.69 Å². The number of aromatic nitrogens is 3. The minimum absolute atomic E-state index is 0.266. The highest BCUT2D eigenvalue weighted by Gasteiger charge is 2.35. The molecule has 5 rings (SSSR count). The number of rotatable bonds is 5. The van der Waals surface area contributed by atoms with Crippen molar-refractivity contribution in [1.82, 2.24) is 19.7 Å². The molecular formula is C24H33N5OS. The fraction of sp³-hybridized carbons (Fsp3) is 0.625. The molecule has 7 heteroatoms. The summed E-state index contributed by atoms with van der Waals surface area (Å²) in [5.74, 6) is 2.33. The summed E-state index contributed by atoms with van der Waals surface area (Å²) in [7, 11) is 0. The molecule has 1 aliphatic carbocycles. The number of amides is 1. The van der Waals surface area contributed by atoms with E-state index >= 15 is 0 Å². The van der Waals surface area contributed by atoms with Gasteiger partial charge in [0.15, 0.2) is 5.16 Å².